The van der Waals surface area contributed by atoms with Crippen LogP contribution in [0.5, 0.6) is 0 Å². The van der Waals surface area contributed by atoms with E-state index in [1.807, 2.05) is 20.8 Å². The van der Waals surface area contributed by atoms with Crippen LogP contribution in [0.15, 0.2) is 34.5 Å². The fourth-order valence-corrected chi connectivity index (χ4v) is 2.48. The first-order chi connectivity index (χ1) is 11.4. The summed E-state index contributed by atoms with van der Waals surface area (Å²) in [6, 6.07) is 3.41. The van der Waals surface area contributed by atoms with Gasteiger partial charge in [-0.25, -0.2) is 9.18 Å². The Morgan fingerprint density at radius 1 is 1.42 bits per heavy atom. The van der Waals surface area contributed by atoms with Crippen molar-refractivity contribution in [1.82, 2.24) is 10.6 Å². The lowest BCUT2D eigenvalue weighted by Gasteiger charge is -2.21. The van der Waals surface area contributed by atoms with E-state index in [4.69, 9.17) is 15.6 Å². The Balaban J connectivity index is 2.33. The Hall–Kier alpha value is -2.83. The number of aryl methyl sites for hydroxylation is 1. The number of nitrogens with two attached hydrogens (primary N) is 1. The van der Waals surface area contributed by atoms with Crippen molar-refractivity contribution in [2.24, 2.45) is 11.7 Å². The molecule has 0 saturated carbocycles. The molecule has 0 fully saturated rings. The highest BCUT2D eigenvalue weighted by Crippen LogP contribution is 2.33. The fraction of sp³-hybridized carbons (Fsp3) is 0.294. The van der Waals surface area contributed by atoms with E-state index in [1.165, 1.54) is 12.1 Å². The van der Waals surface area contributed by atoms with Gasteiger partial charge in [-0.2, -0.15) is 0 Å². The van der Waals surface area contributed by atoms with Crippen molar-refractivity contribution in [2.45, 2.75) is 26.8 Å². The Bertz CT molecular complexity index is 795. The van der Waals surface area contributed by atoms with E-state index in [-0.39, 0.29) is 17.4 Å². The molecule has 2 amide bonds. The van der Waals surface area contributed by atoms with Gasteiger partial charge in [0.2, 0.25) is 0 Å². The number of halogens is 1. The van der Waals surface area contributed by atoms with Gasteiger partial charge < -0.3 is 26.2 Å². The summed E-state index contributed by atoms with van der Waals surface area (Å²) in [6.07, 6.45) is 2.07. The number of rotatable bonds is 5. The summed E-state index contributed by atoms with van der Waals surface area (Å²) in [7, 11) is 0. The Morgan fingerprint density at radius 2 is 2.12 bits per heavy atom. The number of nitrogens with one attached hydrogen (secondary N) is 3. The number of hydrogen-bond donors (Lipinski definition) is 4. The molecule has 0 radical (unpaired) electrons. The lowest BCUT2D eigenvalue weighted by molar-refractivity contribution is 0.232. The van der Waals surface area contributed by atoms with Gasteiger partial charge in [-0.05, 0) is 31.0 Å². The van der Waals surface area contributed by atoms with Gasteiger partial charge >= 0.3 is 6.03 Å². The Kier molecular flexibility index (Phi) is 5.23. The zero-order valence-corrected chi connectivity index (χ0v) is 13.8. The average Bonchev–Trinajstić information content (AvgIpc) is 2.86. The molecular formula is C17H21FN4O2. The molecule has 5 N–H and O–H groups in total. The normalized spacial score (nSPS) is 13.1. The second-order valence-electron chi connectivity index (χ2n) is 5.82. The van der Waals surface area contributed by atoms with E-state index in [0.717, 1.165) is 18.0 Å². The first-order valence-corrected chi connectivity index (χ1v) is 7.55. The predicted molar refractivity (Wildman–Crippen MR) is 91.2 cm³/mol. The number of carbonyl (C=O) groups excluding carboxylic acids is 1. The summed E-state index contributed by atoms with van der Waals surface area (Å²) in [5.41, 5.74) is 6.84. The monoisotopic (exact) mass is 332 g/mol. The van der Waals surface area contributed by atoms with E-state index >= 15 is 0 Å². The van der Waals surface area contributed by atoms with Gasteiger partial charge in [0.15, 0.2) is 0 Å². The zero-order valence-electron chi connectivity index (χ0n) is 13.8. The largest absolute Gasteiger partial charge is 0.459 e. The molecule has 1 atom stereocenters. The predicted octanol–water partition coefficient (Wildman–Crippen LogP) is 3.33. The molecule has 0 aliphatic heterocycles. The van der Waals surface area contributed by atoms with E-state index in [1.54, 1.807) is 6.07 Å². The van der Waals surface area contributed by atoms with Crippen LogP contribution in [0.3, 0.4) is 0 Å². The summed E-state index contributed by atoms with van der Waals surface area (Å²) < 4.78 is 19.3. The molecule has 0 spiro atoms. The minimum atomic E-state index is -0.500. The summed E-state index contributed by atoms with van der Waals surface area (Å²) in [4.78, 5) is 12.1. The topological polar surface area (TPSA) is 104 Å². The van der Waals surface area contributed by atoms with Crippen LogP contribution < -0.4 is 16.4 Å². The molecule has 2 rings (SSSR count). The van der Waals surface area contributed by atoms with E-state index in [0.29, 0.717) is 16.7 Å². The number of benzene rings is 1. The zero-order chi connectivity index (χ0) is 17.9. The second kappa shape index (κ2) is 7.16. The first kappa shape index (κ1) is 17.5. The molecule has 0 saturated heterocycles. The third-order valence-electron chi connectivity index (χ3n) is 3.76. The quantitative estimate of drug-likeness (QED) is 0.631. The van der Waals surface area contributed by atoms with Crippen LogP contribution in [0.4, 0.5) is 9.18 Å². The highest BCUT2D eigenvalue weighted by molar-refractivity contribution is 5.86. The van der Waals surface area contributed by atoms with Crippen molar-refractivity contribution in [3.8, 4) is 0 Å². The van der Waals surface area contributed by atoms with Crippen LogP contribution in [0.25, 0.3) is 11.0 Å². The molecule has 0 bridgehead atoms. The molecule has 1 heterocycles. The van der Waals surface area contributed by atoms with Crippen molar-refractivity contribution in [1.29, 1.82) is 5.41 Å². The second-order valence-corrected chi connectivity index (χ2v) is 5.82. The number of fused-ring (bicyclic) bond motifs is 1. The average molecular weight is 332 g/mol. The molecular weight excluding hydrogens is 311 g/mol. The lowest BCUT2D eigenvalue weighted by Crippen LogP contribution is -2.39. The van der Waals surface area contributed by atoms with Crippen molar-refractivity contribution in [2.75, 3.05) is 0 Å². The molecule has 1 aromatic heterocycles. The van der Waals surface area contributed by atoms with E-state index < -0.39 is 12.1 Å². The van der Waals surface area contributed by atoms with Crippen molar-refractivity contribution < 1.29 is 13.6 Å². The van der Waals surface area contributed by atoms with Crippen LogP contribution in [-0.4, -0.2) is 12.2 Å². The molecule has 1 unspecified atom stereocenters. The molecule has 2 aromatic rings. The summed E-state index contributed by atoms with van der Waals surface area (Å²) in [5, 5.41) is 13.1. The molecule has 1 aromatic carbocycles. The highest BCUT2D eigenvalue weighted by Gasteiger charge is 2.25. The van der Waals surface area contributed by atoms with Crippen LogP contribution in [-0.2, 0) is 0 Å². The maximum atomic E-state index is 13.5. The maximum absolute atomic E-state index is 13.5. The number of urea groups is 1. The third kappa shape index (κ3) is 3.56. The maximum Gasteiger partial charge on any atom is 0.319 e. The summed E-state index contributed by atoms with van der Waals surface area (Å²) >= 11 is 0. The van der Waals surface area contributed by atoms with Gasteiger partial charge in [0.25, 0.3) is 0 Å². The van der Waals surface area contributed by atoms with Gasteiger partial charge in [0, 0.05) is 23.4 Å². The van der Waals surface area contributed by atoms with Crippen LogP contribution >= 0.6 is 0 Å². The Labute approximate surface area is 139 Å². The number of furan rings is 1. The standard InChI is InChI=1S/C17H21FN4O2/c1-9(2)15(22-17(23)21-12(7-19)8-20)16-10(3)13-6-11(18)4-5-14(13)24-16/h4-9,15,19H,20H2,1-3H3,(H2,21,22,23)/b12-8+,19-7?. The molecule has 24 heavy (non-hydrogen) atoms. The molecule has 7 heteroatoms. The Morgan fingerprint density at radius 3 is 2.71 bits per heavy atom. The first-order valence-electron chi connectivity index (χ1n) is 7.55. The SMILES string of the molecule is Cc1c(C(NC(=O)N/C(C=N)=C/N)C(C)C)oc2ccc(F)cc12. The number of carbonyl (C=O) groups is 1. The van der Waals surface area contributed by atoms with Crippen LogP contribution in [0.1, 0.15) is 31.2 Å². The number of hydrogen-bond acceptors (Lipinski definition) is 4. The van der Waals surface area contributed by atoms with Gasteiger partial charge in [0.1, 0.15) is 17.2 Å². The van der Waals surface area contributed by atoms with E-state index in [2.05, 4.69) is 10.6 Å². The van der Waals surface area contributed by atoms with Gasteiger partial charge in [0.05, 0.1) is 11.7 Å². The summed E-state index contributed by atoms with van der Waals surface area (Å²) in [5.74, 6) is 0.271. The minimum absolute atomic E-state index is 0.0325. The minimum Gasteiger partial charge on any atom is -0.459 e. The van der Waals surface area contributed by atoms with Crippen molar-refractivity contribution in [3.63, 3.8) is 0 Å². The van der Waals surface area contributed by atoms with Crippen molar-refractivity contribution >= 4 is 23.2 Å². The third-order valence-corrected chi connectivity index (χ3v) is 3.76. The number of amides is 2. The van der Waals surface area contributed by atoms with E-state index in [9.17, 15) is 9.18 Å². The molecule has 128 valence electrons. The van der Waals surface area contributed by atoms with Gasteiger partial charge in [-0.1, -0.05) is 13.8 Å². The summed E-state index contributed by atoms with van der Waals surface area (Å²) in [6.45, 7) is 5.71. The molecule has 0 aliphatic rings. The lowest BCUT2D eigenvalue weighted by atomic mass is 9.98. The fourth-order valence-electron chi connectivity index (χ4n) is 2.48. The highest BCUT2D eigenvalue weighted by atomic mass is 19.1. The van der Waals surface area contributed by atoms with Crippen molar-refractivity contribution in [3.05, 3.63) is 47.2 Å². The smallest absolute Gasteiger partial charge is 0.319 e. The molecule has 6 nitrogen and oxygen atoms in total. The van der Waals surface area contributed by atoms with Gasteiger partial charge in [-0.15, -0.1) is 0 Å². The van der Waals surface area contributed by atoms with Crippen LogP contribution in [0, 0.1) is 24.1 Å². The van der Waals surface area contributed by atoms with Gasteiger partial charge in [-0.3, -0.25) is 0 Å². The number of allylic oxidation sites excluding steroid dienone is 1. The van der Waals surface area contributed by atoms with Crippen LogP contribution in [0.2, 0.25) is 0 Å². The molecule has 0 aliphatic carbocycles.